The van der Waals surface area contributed by atoms with Crippen molar-refractivity contribution in [2.75, 3.05) is 13.7 Å². The second-order valence-electron chi connectivity index (χ2n) is 8.71. The molecule has 0 atom stereocenters. The van der Waals surface area contributed by atoms with E-state index in [2.05, 4.69) is 4.98 Å². The van der Waals surface area contributed by atoms with E-state index in [9.17, 15) is 13.2 Å². The van der Waals surface area contributed by atoms with Crippen LogP contribution in [0.1, 0.15) is 40.0 Å². The van der Waals surface area contributed by atoms with E-state index >= 15 is 0 Å². The molecule has 0 bridgehead atoms. The molecule has 2 aromatic carbocycles. The number of carbonyl (C=O) groups is 1. The quantitative estimate of drug-likeness (QED) is 0.367. The molecule has 1 heterocycles. The first kappa shape index (κ1) is 25.7. The second kappa shape index (κ2) is 10.7. The third-order valence-electron chi connectivity index (χ3n) is 5.92. The molecule has 0 N–H and O–H groups in total. The predicted octanol–water partition coefficient (Wildman–Crippen LogP) is 4.92. The zero-order valence-corrected chi connectivity index (χ0v) is 21.9. The van der Waals surface area contributed by atoms with Gasteiger partial charge in [-0.15, -0.1) is 0 Å². The normalized spacial score (nSPS) is 13.7. The molecule has 1 aromatic heterocycles. The largest absolute Gasteiger partial charge is 0.383 e. The van der Waals surface area contributed by atoms with Gasteiger partial charge in [-0.3, -0.25) is 4.79 Å². The molecule has 1 fully saturated rings. The molecule has 0 spiro atoms. The Labute approximate surface area is 215 Å². The monoisotopic (exact) mass is 535 g/mol. The second-order valence-corrected chi connectivity index (χ2v) is 11.4. The van der Waals surface area contributed by atoms with Crippen LogP contribution in [0.25, 0.3) is 0 Å². The van der Waals surface area contributed by atoms with Gasteiger partial charge in [0.1, 0.15) is 0 Å². The molecule has 3 aromatic rings. The topological polar surface area (TPSA) is 81.5 Å². The number of aryl methyl sites for hydroxylation is 1. The van der Waals surface area contributed by atoms with Gasteiger partial charge in [0, 0.05) is 24.7 Å². The van der Waals surface area contributed by atoms with Crippen LogP contribution in [0.15, 0.2) is 53.8 Å². The minimum absolute atomic E-state index is 0.0298. The van der Waals surface area contributed by atoms with E-state index < -0.39 is 9.84 Å². The van der Waals surface area contributed by atoms with Crippen molar-refractivity contribution in [3.8, 4) is 0 Å². The van der Waals surface area contributed by atoms with Crippen LogP contribution in [0.3, 0.4) is 0 Å². The first-order chi connectivity index (χ1) is 16.7. The fourth-order valence-corrected chi connectivity index (χ4v) is 5.91. The SMILES string of the molecule is COCCn1c(CN(C(=O)c2ccc(Cl)cc2Cl)C2CC2)cnc1S(=O)(=O)Cc1ccc(C)cc1. The predicted molar refractivity (Wildman–Crippen MR) is 136 cm³/mol. The number of methoxy groups -OCH3 is 1. The molecule has 186 valence electrons. The summed E-state index contributed by atoms with van der Waals surface area (Å²) in [5, 5.41) is 0.700. The molecule has 4 rings (SSSR count). The number of nitrogens with zero attached hydrogens (tertiary/aromatic N) is 3. The highest BCUT2D eigenvalue weighted by Crippen LogP contribution is 2.32. The lowest BCUT2D eigenvalue weighted by Crippen LogP contribution is -2.34. The molecule has 1 amide bonds. The summed E-state index contributed by atoms with van der Waals surface area (Å²) in [4.78, 5) is 19.4. The average Bonchev–Trinajstić information content (AvgIpc) is 3.56. The molecule has 1 saturated carbocycles. The van der Waals surface area contributed by atoms with Crippen molar-refractivity contribution in [3.63, 3.8) is 0 Å². The maximum absolute atomic E-state index is 13.4. The van der Waals surface area contributed by atoms with Gasteiger partial charge in [0.05, 0.1) is 41.4 Å². The molecule has 0 aliphatic heterocycles. The van der Waals surface area contributed by atoms with Crippen LogP contribution in [-0.2, 0) is 33.4 Å². The van der Waals surface area contributed by atoms with Crippen LogP contribution in [-0.4, -0.2) is 48.5 Å². The lowest BCUT2D eigenvalue weighted by atomic mass is 10.2. The van der Waals surface area contributed by atoms with E-state index in [0.29, 0.717) is 35.0 Å². The number of hydrogen-bond donors (Lipinski definition) is 0. The molecule has 1 aliphatic rings. The van der Waals surface area contributed by atoms with Crippen LogP contribution in [0.5, 0.6) is 0 Å². The van der Waals surface area contributed by atoms with Gasteiger partial charge in [0.15, 0.2) is 0 Å². The molecule has 1 aliphatic carbocycles. The number of ether oxygens (including phenoxy) is 1. The van der Waals surface area contributed by atoms with Gasteiger partial charge in [0.25, 0.3) is 5.91 Å². The smallest absolute Gasteiger partial charge is 0.255 e. The Morgan fingerprint density at radius 2 is 1.89 bits per heavy atom. The van der Waals surface area contributed by atoms with Crippen molar-refractivity contribution in [3.05, 3.63) is 81.1 Å². The van der Waals surface area contributed by atoms with Gasteiger partial charge in [-0.05, 0) is 43.5 Å². The molecule has 10 heteroatoms. The molecule has 0 unspecified atom stereocenters. The number of amides is 1. The minimum atomic E-state index is -3.73. The van der Waals surface area contributed by atoms with Crippen molar-refractivity contribution in [2.24, 2.45) is 0 Å². The van der Waals surface area contributed by atoms with E-state index in [4.69, 9.17) is 27.9 Å². The molecule has 0 radical (unpaired) electrons. The fourth-order valence-electron chi connectivity index (χ4n) is 3.90. The van der Waals surface area contributed by atoms with E-state index in [0.717, 1.165) is 18.4 Å². The van der Waals surface area contributed by atoms with Crippen LogP contribution in [0.4, 0.5) is 0 Å². The Hall–Kier alpha value is -2.39. The molecule has 0 saturated heterocycles. The summed E-state index contributed by atoms with van der Waals surface area (Å²) in [7, 11) is -2.18. The van der Waals surface area contributed by atoms with Gasteiger partial charge in [-0.1, -0.05) is 53.0 Å². The van der Waals surface area contributed by atoms with Gasteiger partial charge in [0.2, 0.25) is 15.0 Å². The van der Waals surface area contributed by atoms with Crippen molar-refractivity contribution >= 4 is 38.9 Å². The Bertz CT molecular complexity index is 1320. The molecule has 35 heavy (non-hydrogen) atoms. The van der Waals surface area contributed by atoms with Gasteiger partial charge >= 0.3 is 0 Å². The summed E-state index contributed by atoms with van der Waals surface area (Å²) in [6.07, 6.45) is 3.29. The Morgan fingerprint density at radius 1 is 1.17 bits per heavy atom. The van der Waals surface area contributed by atoms with Crippen molar-refractivity contribution in [2.45, 2.75) is 49.8 Å². The maximum atomic E-state index is 13.4. The lowest BCUT2D eigenvalue weighted by Gasteiger charge is -2.24. The number of hydrogen-bond acceptors (Lipinski definition) is 5. The fraction of sp³-hybridized carbons (Fsp3) is 0.360. The molecule has 7 nitrogen and oxygen atoms in total. The van der Waals surface area contributed by atoms with Gasteiger partial charge in [-0.25, -0.2) is 13.4 Å². The van der Waals surface area contributed by atoms with Crippen LogP contribution in [0, 0.1) is 6.92 Å². The minimum Gasteiger partial charge on any atom is -0.383 e. The summed E-state index contributed by atoms with van der Waals surface area (Å²) < 4.78 is 33.5. The number of sulfone groups is 1. The molecular formula is C25H27Cl2N3O4S. The number of aromatic nitrogens is 2. The summed E-state index contributed by atoms with van der Waals surface area (Å²) in [5.74, 6) is -0.389. The van der Waals surface area contributed by atoms with Gasteiger partial charge in [-0.2, -0.15) is 0 Å². The number of halogens is 2. The molecular weight excluding hydrogens is 509 g/mol. The van der Waals surface area contributed by atoms with E-state index in [1.807, 2.05) is 19.1 Å². The number of imidazole rings is 1. The first-order valence-corrected chi connectivity index (χ1v) is 13.7. The zero-order chi connectivity index (χ0) is 25.2. The van der Waals surface area contributed by atoms with E-state index in [1.54, 1.807) is 46.9 Å². The van der Waals surface area contributed by atoms with Crippen molar-refractivity contribution in [1.82, 2.24) is 14.5 Å². The number of carbonyl (C=O) groups excluding carboxylic acids is 1. The number of rotatable bonds is 10. The van der Waals surface area contributed by atoms with Crippen LogP contribution in [0.2, 0.25) is 10.0 Å². The Kier molecular flexibility index (Phi) is 7.86. The highest BCUT2D eigenvalue weighted by Gasteiger charge is 2.35. The maximum Gasteiger partial charge on any atom is 0.255 e. The summed E-state index contributed by atoms with van der Waals surface area (Å²) in [6.45, 7) is 2.75. The Balaban J connectivity index is 1.64. The first-order valence-electron chi connectivity index (χ1n) is 11.3. The third-order valence-corrected chi connectivity index (χ3v) is 8.06. The van der Waals surface area contributed by atoms with Gasteiger partial charge < -0.3 is 14.2 Å². The summed E-state index contributed by atoms with van der Waals surface area (Å²) in [5.41, 5.74) is 2.72. The standard InChI is InChI=1S/C25H27Cl2N3O4S/c1-17-3-5-18(6-4-17)16-35(32,33)25-28-14-21(29(25)11-12-34-2)15-30(20-8-9-20)24(31)22-10-7-19(26)13-23(22)27/h3-7,10,13-14,20H,8-9,11-12,15-16H2,1-2H3. The summed E-state index contributed by atoms with van der Waals surface area (Å²) in [6, 6.07) is 12.2. The zero-order valence-electron chi connectivity index (χ0n) is 19.6. The van der Waals surface area contributed by atoms with Crippen molar-refractivity contribution in [1.29, 1.82) is 0 Å². The third kappa shape index (κ3) is 6.06. The highest BCUT2D eigenvalue weighted by molar-refractivity contribution is 7.90. The highest BCUT2D eigenvalue weighted by atomic mass is 35.5. The number of benzene rings is 2. The average molecular weight is 536 g/mol. The van der Waals surface area contributed by atoms with Crippen LogP contribution < -0.4 is 0 Å². The lowest BCUT2D eigenvalue weighted by molar-refractivity contribution is 0.0724. The van der Waals surface area contributed by atoms with Crippen LogP contribution >= 0.6 is 23.2 Å². The summed E-state index contributed by atoms with van der Waals surface area (Å²) >= 11 is 12.3. The van der Waals surface area contributed by atoms with Crippen molar-refractivity contribution < 1.29 is 17.9 Å². The Morgan fingerprint density at radius 3 is 2.51 bits per heavy atom. The van der Waals surface area contributed by atoms with E-state index in [1.165, 1.54) is 6.20 Å². The van der Waals surface area contributed by atoms with E-state index in [-0.39, 0.29) is 34.4 Å².